The van der Waals surface area contributed by atoms with Gasteiger partial charge in [-0.05, 0) is 176 Å². The Morgan fingerprint density at radius 2 is 0.676 bits per heavy atom. The maximum atomic E-state index is 6.83. The zero-order chi connectivity index (χ0) is 49.8. The second-order valence-electron chi connectivity index (χ2n) is 21.8. The second kappa shape index (κ2) is 15.3. The zero-order valence-corrected chi connectivity index (χ0v) is 42.3. The van der Waals surface area contributed by atoms with E-state index in [1.807, 2.05) is 0 Å². The summed E-state index contributed by atoms with van der Waals surface area (Å²) in [4.78, 5) is 4.92. The Morgan fingerprint density at radius 3 is 1.12 bits per heavy atom. The molecule has 4 heteroatoms. The summed E-state index contributed by atoms with van der Waals surface area (Å²) in [5.41, 5.74) is 23.0. The summed E-state index contributed by atoms with van der Waals surface area (Å²) in [6.07, 6.45) is 0. The number of benzene rings is 11. The first-order valence-electron chi connectivity index (χ1n) is 25.9. The number of para-hydroxylation sites is 2. The Balaban J connectivity index is 0.835. The second-order valence-corrected chi connectivity index (χ2v) is 21.8. The van der Waals surface area contributed by atoms with Crippen molar-refractivity contribution in [3.8, 4) is 22.3 Å². The molecule has 0 spiro atoms. The van der Waals surface area contributed by atoms with Gasteiger partial charge in [0, 0.05) is 55.1 Å². The molecule has 13 aromatic rings. The highest BCUT2D eigenvalue weighted by Crippen LogP contribution is 2.56. The maximum absolute atomic E-state index is 6.83. The number of hydrogen-bond acceptors (Lipinski definition) is 4. The van der Waals surface area contributed by atoms with Crippen LogP contribution in [0.25, 0.3) is 87.7 Å². The molecule has 0 bridgehead atoms. The molecule has 2 aliphatic carbocycles. The van der Waals surface area contributed by atoms with Crippen molar-refractivity contribution >= 4 is 99.5 Å². The molecule has 0 atom stereocenters. The molecule has 2 aromatic heterocycles. The molecule has 0 saturated carbocycles. The summed E-state index contributed by atoms with van der Waals surface area (Å²) in [6, 6.07) is 75.9. The molecule has 0 aliphatic heterocycles. The summed E-state index contributed by atoms with van der Waals surface area (Å²) < 4.78 is 13.7. The lowest BCUT2D eigenvalue weighted by atomic mass is 9.81. The van der Waals surface area contributed by atoms with Gasteiger partial charge in [0.1, 0.15) is 22.3 Å². The number of nitrogens with zero attached hydrogens (tertiary/aromatic N) is 2. The topological polar surface area (TPSA) is 32.8 Å². The monoisotopic (exact) mass is 952 g/mol. The van der Waals surface area contributed by atoms with Gasteiger partial charge in [0.05, 0.1) is 11.4 Å². The van der Waals surface area contributed by atoms with E-state index in [2.05, 4.69) is 258 Å². The highest BCUT2D eigenvalue weighted by molar-refractivity contribution is 6.18. The first-order chi connectivity index (χ1) is 36.0. The summed E-state index contributed by atoms with van der Waals surface area (Å²) >= 11 is 0. The van der Waals surface area contributed by atoms with Gasteiger partial charge >= 0.3 is 0 Å². The van der Waals surface area contributed by atoms with E-state index in [4.69, 9.17) is 8.83 Å². The van der Waals surface area contributed by atoms with E-state index in [-0.39, 0.29) is 10.8 Å². The van der Waals surface area contributed by atoms with Gasteiger partial charge in [0.2, 0.25) is 0 Å². The van der Waals surface area contributed by atoms with Crippen molar-refractivity contribution in [3.05, 3.63) is 240 Å². The average molecular weight is 953 g/mol. The van der Waals surface area contributed by atoms with Crippen LogP contribution in [0.15, 0.2) is 215 Å². The van der Waals surface area contributed by atoms with E-state index < -0.39 is 0 Å². The predicted octanol–water partition coefficient (Wildman–Crippen LogP) is 20.0. The molecule has 15 rings (SSSR count). The summed E-state index contributed by atoms with van der Waals surface area (Å²) in [7, 11) is 0. The van der Waals surface area contributed by atoms with E-state index in [0.717, 1.165) is 88.2 Å². The minimum atomic E-state index is -0.180. The van der Waals surface area contributed by atoms with Crippen molar-refractivity contribution in [2.45, 2.75) is 52.4 Å². The third-order valence-electron chi connectivity index (χ3n) is 16.8. The number of rotatable bonds is 6. The molecule has 2 aliphatic rings. The molecule has 0 saturated heterocycles. The van der Waals surface area contributed by atoms with Gasteiger partial charge < -0.3 is 18.6 Å². The molecule has 0 N–H and O–H groups in total. The van der Waals surface area contributed by atoms with Crippen LogP contribution in [0.1, 0.15) is 61.1 Å². The van der Waals surface area contributed by atoms with Gasteiger partial charge in [-0.25, -0.2) is 0 Å². The Kier molecular flexibility index (Phi) is 8.87. The molecule has 74 heavy (non-hydrogen) atoms. The van der Waals surface area contributed by atoms with Crippen molar-refractivity contribution in [2.75, 3.05) is 9.80 Å². The maximum Gasteiger partial charge on any atom is 0.136 e. The lowest BCUT2D eigenvalue weighted by molar-refractivity contribution is 0.660. The van der Waals surface area contributed by atoms with Crippen molar-refractivity contribution < 1.29 is 8.83 Å². The number of furan rings is 2. The van der Waals surface area contributed by atoms with E-state index >= 15 is 0 Å². The highest BCUT2D eigenvalue weighted by Gasteiger charge is 2.40. The Hall–Kier alpha value is -8.86. The molecule has 0 unspecified atom stereocenters. The van der Waals surface area contributed by atoms with Crippen molar-refractivity contribution in [1.82, 2.24) is 0 Å². The van der Waals surface area contributed by atoms with Crippen LogP contribution in [0.5, 0.6) is 0 Å². The van der Waals surface area contributed by atoms with Crippen LogP contribution in [0, 0.1) is 13.8 Å². The van der Waals surface area contributed by atoms with Gasteiger partial charge in [-0.3, -0.25) is 0 Å². The van der Waals surface area contributed by atoms with Crippen molar-refractivity contribution in [3.63, 3.8) is 0 Å². The largest absolute Gasteiger partial charge is 0.456 e. The van der Waals surface area contributed by atoms with Crippen LogP contribution in [-0.2, 0) is 10.8 Å². The number of hydrogen-bond donors (Lipinski definition) is 0. The minimum absolute atomic E-state index is 0.180. The Labute approximate surface area is 430 Å². The zero-order valence-electron chi connectivity index (χ0n) is 42.3. The van der Waals surface area contributed by atoms with Crippen LogP contribution >= 0.6 is 0 Å². The number of aryl methyl sites for hydroxylation is 2. The first-order valence-corrected chi connectivity index (χ1v) is 25.9. The van der Waals surface area contributed by atoms with E-state index in [1.165, 1.54) is 67.0 Å². The molecule has 0 radical (unpaired) electrons. The Bertz CT molecular complexity index is 4250. The third kappa shape index (κ3) is 6.03. The lowest BCUT2D eigenvalue weighted by Crippen LogP contribution is -2.21. The van der Waals surface area contributed by atoms with Crippen LogP contribution < -0.4 is 9.80 Å². The lowest BCUT2D eigenvalue weighted by Gasteiger charge is -2.33. The van der Waals surface area contributed by atoms with Crippen molar-refractivity contribution in [1.29, 1.82) is 0 Å². The van der Waals surface area contributed by atoms with Crippen LogP contribution in [0.4, 0.5) is 34.1 Å². The fourth-order valence-electron chi connectivity index (χ4n) is 13.2. The molecule has 0 fully saturated rings. The van der Waals surface area contributed by atoms with Crippen LogP contribution in [-0.4, -0.2) is 0 Å². The summed E-state index contributed by atoms with van der Waals surface area (Å²) in [6.45, 7) is 13.9. The highest BCUT2D eigenvalue weighted by atomic mass is 16.3. The fraction of sp³-hybridized carbons (Fsp3) is 0.114. The van der Waals surface area contributed by atoms with Gasteiger partial charge in [0.25, 0.3) is 0 Å². The standard InChI is InChI=1S/C70H52N2O2/c1-41-17-7-13-25-59(41)71(61-27-15-21-51-49-19-9-11-23-57(49)69(3,4)67(51)61)47-31-29-43-35-53-55-39-66-56(40-65(55)73-63(53)37-45(43)33-47)54-36-44-30-32-48(34-46(44)38-64(54)74-66)72(60-26-14-8-18-42(60)2)62-28-16-22-52-50-20-10-12-24-58(50)70(5,6)68(52)62/h7-40H,1-6H3. The molecule has 0 amide bonds. The van der Waals surface area contributed by atoms with E-state index in [9.17, 15) is 0 Å². The van der Waals surface area contributed by atoms with Crippen LogP contribution in [0.3, 0.4) is 0 Å². The summed E-state index contributed by atoms with van der Waals surface area (Å²) in [5.74, 6) is 0. The fourth-order valence-corrected chi connectivity index (χ4v) is 13.2. The number of fused-ring (bicyclic) bond motifs is 14. The molecule has 2 heterocycles. The smallest absolute Gasteiger partial charge is 0.136 e. The first kappa shape index (κ1) is 42.8. The van der Waals surface area contributed by atoms with Gasteiger partial charge in [-0.2, -0.15) is 0 Å². The predicted molar refractivity (Wildman–Crippen MR) is 310 cm³/mol. The Morgan fingerprint density at radius 1 is 0.311 bits per heavy atom. The normalized spacial score (nSPS) is 14.0. The quantitative estimate of drug-likeness (QED) is 0.166. The molecule has 354 valence electrons. The number of anilines is 6. The van der Waals surface area contributed by atoms with Crippen LogP contribution in [0.2, 0.25) is 0 Å². The third-order valence-corrected chi connectivity index (χ3v) is 16.8. The summed E-state index contributed by atoms with van der Waals surface area (Å²) in [5, 5.41) is 8.78. The van der Waals surface area contributed by atoms with Gasteiger partial charge in [-0.1, -0.05) is 149 Å². The van der Waals surface area contributed by atoms with E-state index in [0.29, 0.717) is 0 Å². The van der Waals surface area contributed by atoms with Gasteiger partial charge in [-0.15, -0.1) is 0 Å². The molecule has 11 aromatic carbocycles. The van der Waals surface area contributed by atoms with Crippen molar-refractivity contribution in [2.24, 2.45) is 0 Å². The SMILES string of the molecule is Cc1ccccc1N(c1ccc2cc3c(cc2c1)oc1cc2c(cc13)oc1cc3cc(N(c4ccccc4C)c4cccc5c4C(C)(C)c4ccccc4-5)ccc3cc12)c1cccc2c1C(C)(C)c1ccccc1-2. The molecule has 4 nitrogen and oxygen atoms in total. The molecular weight excluding hydrogens is 901 g/mol. The van der Waals surface area contributed by atoms with E-state index in [1.54, 1.807) is 0 Å². The average Bonchev–Trinajstić information content (AvgIpc) is 4.10. The molecular formula is C70H52N2O2. The van der Waals surface area contributed by atoms with Gasteiger partial charge in [0.15, 0.2) is 0 Å². The minimum Gasteiger partial charge on any atom is -0.456 e.